The van der Waals surface area contributed by atoms with Crippen molar-refractivity contribution in [2.24, 2.45) is 50.7 Å². The Kier molecular flexibility index (Phi) is 8.71. The van der Waals surface area contributed by atoms with Gasteiger partial charge in [0.2, 0.25) is 0 Å². The molecular formula is C36H62O10. The van der Waals surface area contributed by atoms with Crippen LogP contribution in [0.4, 0.5) is 0 Å². The minimum atomic E-state index is -1.54. The highest BCUT2D eigenvalue weighted by atomic mass is 16.7. The van der Waals surface area contributed by atoms with Crippen LogP contribution >= 0.6 is 0 Å². The summed E-state index contributed by atoms with van der Waals surface area (Å²) >= 11 is 0. The van der Waals surface area contributed by atoms with Gasteiger partial charge in [-0.15, -0.1) is 0 Å². The lowest BCUT2D eigenvalue weighted by atomic mass is 9.41. The second-order valence-corrected chi connectivity index (χ2v) is 18.4. The third-order valence-corrected chi connectivity index (χ3v) is 15.6. The normalized spacial score (nSPS) is 54.2. The Labute approximate surface area is 274 Å². The lowest BCUT2D eigenvalue weighted by Crippen LogP contribution is -2.64. The minimum Gasteiger partial charge on any atom is -0.394 e. The van der Waals surface area contributed by atoms with Crippen LogP contribution in [0.25, 0.3) is 0 Å². The fourth-order valence-corrected chi connectivity index (χ4v) is 12.9. The molecule has 46 heavy (non-hydrogen) atoms. The van der Waals surface area contributed by atoms with Crippen LogP contribution in [0, 0.1) is 50.7 Å². The number of hydrogen-bond acceptors (Lipinski definition) is 10. The van der Waals surface area contributed by atoms with E-state index in [0.717, 1.165) is 32.1 Å². The van der Waals surface area contributed by atoms with Gasteiger partial charge >= 0.3 is 0 Å². The van der Waals surface area contributed by atoms with E-state index in [1.807, 2.05) is 0 Å². The summed E-state index contributed by atoms with van der Waals surface area (Å²) in [7, 11) is 0. The van der Waals surface area contributed by atoms with E-state index in [4.69, 9.17) is 9.47 Å². The monoisotopic (exact) mass is 654 g/mol. The second kappa shape index (κ2) is 11.3. The molecule has 0 aromatic rings. The number of ether oxygens (including phenoxy) is 2. The lowest BCUT2D eigenvalue weighted by molar-refractivity contribution is -0.332. The summed E-state index contributed by atoms with van der Waals surface area (Å²) in [6.07, 6.45) is -2.04. The number of aliphatic hydroxyl groups is 8. The maximum atomic E-state index is 11.9. The van der Waals surface area contributed by atoms with Gasteiger partial charge in [0.1, 0.15) is 24.4 Å². The van der Waals surface area contributed by atoms with E-state index in [0.29, 0.717) is 25.7 Å². The van der Waals surface area contributed by atoms with Crippen LogP contribution in [0.3, 0.4) is 0 Å². The number of aliphatic hydroxyl groups excluding tert-OH is 7. The van der Waals surface area contributed by atoms with Crippen LogP contribution in [0.5, 0.6) is 0 Å². The van der Waals surface area contributed by atoms with Gasteiger partial charge in [0, 0.05) is 0 Å². The van der Waals surface area contributed by atoms with E-state index in [2.05, 4.69) is 34.6 Å². The fourth-order valence-electron chi connectivity index (χ4n) is 12.9. The van der Waals surface area contributed by atoms with Gasteiger partial charge < -0.3 is 50.3 Å². The molecule has 6 rings (SSSR count). The van der Waals surface area contributed by atoms with Crippen molar-refractivity contribution < 1.29 is 50.3 Å². The Hall–Kier alpha value is -0.400. The molecule has 0 aromatic heterocycles. The zero-order valence-electron chi connectivity index (χ0n) is 29.0. The van der Waals surface area contributed by atoms with Crippen molar-refractivity contribution in [1.82, 2.24) is 0 Å². The lowest BCUT2D eigenvalue weighted by Gasteiger charge is -2.65. The zero-order chi connectivity index (χ0) is 34.0. The average molecular weight is 655 g/mol. The van der Waals surface area contributed by atoms with Gasteiger partial charge in [-0.05, 0) is 122 Å². The number of hydrogen-bond donors (Lipinski definition) is 8. The molecule has 5 aliphatic carbocycles. The highest BCUT2D eigenvalue weighted by molar-refractivity contribution is 5.33. The highest BCUT2D eigenvalue weighted by Gasteiger charge is 2.84. The smallest absolute Gasteiger partial charge is 0.186 e. The van der Waals surface area contributed by atoms with E-state index >= 15 is 0 Å². The van der Waals surface area contributed by atoms with Gasteiger partial charge in [-0.2, -0.15) is 0 Å². The summed E-state index contributed by atoms with van der Waals surface area (Å²) in [5, 5.41) is 86.2. The first-order valence-electron chi connectivity index (χ1n) is 17.9. The van der Waals surface area contributed by atoms with E-state index < -0.39 is 67.3 Å². The number of fused-ring (bicyclic) bond motifs is 2. The van der Waals surface area contributed by atoms with Crippen LogP contribution in [0.15, 0.2) is 0 Å². The zero-order valence-corrected chi connectivity index (χ0v) is 29.0. The van der Waals surface area contributed by atoms with Crippen molar-refractivity contribution in [3.05, 3.63) is 0 Å². The summed E-state index contributed by atoms with van der Waals surface area (Å²) in [4.78, 5) is 0. The predicted molar refractivity (Wildman–Crippen MR) is 169 cm³/mol. The van der Waals surface area contributed by atoms with Gasteiger partial charge in [-0.3, -0.25) is 0 Å². The third-order valence-electron chi connectivity index (χ3n) is 15.6. The molecule has 1 aliphatic heterocycles. The first-order valence-corrected chi connectivity index (χ1v) is 17.9. The highest BCUT2D eigenvalue weighted by Crippen LogP contribution is 2.89. The van der Waals surface area contributed by atoms with E-state index in [1.165, 1.54) is 0 Å². The molecule has 266 valence electrons. The molecule has 10 nitrogen and oxygen atoms in total. The van der Waals surface area contributed by atoms with E-state index in [1.54, 1.807) is 13.8 Å². The maximum absolute atomic E-state index is 11.9. The Balaban J connectivity index is 1.37. The summed E-state index contributed by atoms with van der Waals surface area (Å²) < 4.78 is 12.7. The molecule has 17 atom stereocenters. The first-order chi connectivity index (χ1) is 21.2. The summed E-state index contributed by atoms with van der Waals surface area (Å²) in [6.45, 7) is 13.8. The standard InChI is InChI=1S/C36H62O10/c1-18(8-9-24(40)32(4,5)44)25-19(38)15-34(7)29-20(45-30-28(43)27(42)26(41)21(16-37)46-30)14-22-31(2,3)23(39)10-11-35(22)17-36(29,35)13-12-33(25,34)6/h18-30,37-44H,8-17H2,1-7H3/t18-,19+,20+,21-,22-,23+,24-,25+,26-,27+,28-,29-,30-,33-,34+,35+,36-/m1/s1. The van der Waals surface area contributed by atoms with Crippen LogP contribution in [0.2, 0.25) is 0 Å². The van der Waals surface area contributed by atoms with Gasteiger partial charge in [-0.1, -0.05) is 34.6 Å². The molecule has 8 N–H and O–H groups in total. The largest absolute Gasteiger partial charge is 0.394 e. The predicted octanol–water partition coefficient (Wildman–Crippen LogP) is 2.10. The number of rotatable bonds is 8. The molecule has 0 bridgehead atoms. The molecule has 1 heterocycles. The van der Waals surface area contributed by atoms with Gasteiger partial charge in [-0.25, -0.2) is 0 Å². The molecular weight excluding hydrogens is 592 g/mol. The van der Waals surface area contributed by atoms with Crippen molar-refractivity contribution in [1.29, 1.82) is 0 Å². The molecule has 2 spiro atoms. The molecule has 0 radical (unpaired) electrons. The van der Waals surface area contributed by atoms with Crippen molar-refractivity contribution in [3.63, 3.8) is 0 Å². The molecule has 10 heteroatoms. The van der Waals surface area contributed by atoms with Crippen molar-refractivity contribution in [2.75, 3.05) is 6.61 Å². The third kappa shape index (κ3) is 4.78. The van der Waals surface area contributed by atoms with Crippen LogP contribution in [-0.2, 0) is 9.47 Å². The Morgan fingerprint density at radius 1 is 0.891 bits per heavy atom. The van der Waals surface area contributed by atoms with Crippen LogP contribution < -0.4 is 0 Å². The molecule has 0 aromatic carbocycles. The Morgan fingerprint density at radius 2 is 1.57 bits per heavy atom. The van der Waals surface area contributed by atoms with Crippen molar-refractivity contribution >= 4 is 0 Å². The minimum absolute atomic E-state index is 0.0160. The van der Waals surface area contributed by atoms with Gasteiger partial charge in [0.15, 0.2) is 6.29 Å². The summed E-state index contributed by atoms with van der Waals surface area (Å²) in [6, 6.07) is 0. The second-order valence-electron chi connectivity index (χ2n) is 18.4. The quantitative estimate of drug-likeness (QED) is 0.181. The molecule has 6 fully saturated rings. The SMILES string of the molecule is C[C@H](CC[C@@H](O)C(C)(C)O)[C@H]1[C@@H](O)C[C@@]2(C)[C@H]3[C@@H](O[C@@H]4O[C@H](CO)[C@@H](O)[C@H](O)[C@H]4O)C[C@@H]4C(C)(C)[C@@H](O)CC[C@]45C[C@]35CC[C@]12C. The molecule has 5 saturated carbocycles. The summed E-state index contributed by atoms with van der Waals surface area (Å²) in [5.74, 6) is 0.272. The summed E-state index contributed by atoms with van der Waals surface area (Å²) in [5.41, 5.74) is -2.14. The molecule has 0 unspecified atom stereocenters. The maximum Gasteiger partial charge on any atom is 0.186 e. The molecule has 0 amide bonds. The molecule has 1 saturated heterocycles. The van der Waals surface area contributed by atoms with Gasteiger partial charge in [0.05, 0.1) is 36.6 Å². The Bertz CT molecular complexity index is 1140. The van der Waals surface area contributed by atoms with Crippen LogP contribution in [0.1, 0.15) is 106 Å². The van der Waals surface area contributed by atoms with Crippen molar-refractivity contribution in [3.8, 4) is 0 Å². The van der Waals surface area contributed by atoms with E-state index in [-0.39, 0.29) is 50.7 Å². The van der Waals surface area contributed by atoms with Gasteiger partial charge in [0.25, 0.3) is 0 Å². The Morgan fingerprint density at radius 3 is 2.20 bits per heavy atom. The van der Waals surface area contributed by atoms with Crippen LogP contribution in [-0.4, -0.2) is 108 Å². The topological polar surface area (TPSA) is 180 Å². The molecule has 6 aliphatic rings. The van der Waals surface area contributed by atoms with Crippen molar-refractivity contribution in [2.45, 2.75) is 167 Å². The average Bonchev–Trinajstić information content (AvgIpc) is 3.57. The van der Waals surface area contributed by atoms with E-state index in [9.17, 15) is 40.9 Å². The fraction of sp³-hybridized carbons (Fsp3) is 1.00. The first kappa shape index (κ1) is 35.4.